The first-order chi connectivity index (χ1) is 11.1. The fraction of sp³-hybridized carbons (Fsp3) is 0.444. The molecule has 0 bridgehead atoms. The van der Waals surface area contributed by atoms with Crippen molar-refractivity contribution in [2.24, 2.45) is 4.99 Å². The molecule has 1 aromatic carbocycles. The minimum atomic E-state index is -0.0273. The molecule has 1 aromatic heterocycles. The number of nitrogens with one attached hydrogen (secondary N) is 1. The second-order valence-corrected chi connectivity index (χ2v) is 6.00. The lowest BCUT2D eigenvalue weighted by molar-refractivity contribution is 0.414. The number of rotatable bonds is 6. The van der Waals surface area contributed by atoms with Crippen LogP contribution in [-0.2, 0) is 6.42 Å². The fourth-order valence-corrected chi connectivity index (χ4v) is 2.74. The molecule has 0 atom stereocenters. The Morgan fingerprint density at radius 2 is 2.04 bits per heavy atom. The van der Waals surface area contributed by atoms with Gasteiger partial charge in [0.2, 0.25) is 0 Å². The van der Waals surface area contributed by atoms with Gasteiger partial charge in [-0.2, -0.15) is 0 Å². The van der Waals surface area contributed by atoms with Crippen LogP contribution in [0.3, 0.4) is 0 Å². The number of ether oxygens (including phenoxy) is 1. The average Bonchev–Trinajstić information content (AvgIpc) is 3.30. The van der Waals surface area contributed by atoms with E-state index in [1.54, 1.807) is 11.8 Å². The van der Waals surface area contributed by atoms with Crippen molar-refractivity contribution in [3.05, 3.63) is 45.9 Å². The van der Waals surface area contributed by atoms with E-state index in [-0.39, 0.29) is 5.56 Å². The van der Waals surface area contributed by atoms with Crippen molar-refractivity contribution in [2.45, 2.75) is 45.6 Å². The van der Waals surface area contributed by atoms with Crippen molar-refractivity contribution in [3.8, 4) is 11.4 Å². The third kappa shape index (κ3) is 3.23. The monoisotopic (exact) mass is 313 g/mol. The van der Waals surface area contributed by atoms with Crippen molar-refractivity contribution in [3.63, 3.8) is 0 Å². The zero-order valence-corrected chi connectivity index (χ0v) is 13.9. The molecule has 23 heavy (non-hydrogen) atoms. The molecule has 0 radical (unpaired) electrons. The molecule has 3 rings (SSSR count). The van der Waals surface area contributed by atoms with E-state index in [0.717, 1.165) is 54.1 Å². The first kappa shape index (κ1) is 15.6. The summed E-state index contributed by atoms with van der Waals surface area (Å²) in [5, 5.41) is 3.26. The Kier molecular flexibility index (Phi) is 4.37. The van der Waals surface area contributed by atoms with Gasteiger partial charge in [0.15, 0.2) is 0 Å². The van der Waals surface area contributed by atoms with Crippen molar-refractivity contribution >= 4 is 5.71 Å². The Bertz CT molecular complexity index is 765. The first-order valence-electron chi connectivity index (χ1n) is 8.17. The minimum absolute atomic E-state index is 0.0273. The van der Waals surface area contributed by atoms with Crippen molar-refractivity contribution in [1.82, 2.24) is 9.78 Å². The number of nitrogens with zero attached hydrogens (tertiary/aromatic N) is 2. The third-order valence-electron chi connectivity index (χ3n) is 4.08. The number of hydrogen-bond donors (Lipinski definition) is 1. The summed E-state index contributed by atoms with van der Waals surface area (Å²) in [5.74, 6) is 0.772. The Morgan fingerprint density at radius 1 is 1.35 bits per heavy atom. The molecule has 1 saturated carbocycles. The maximum absolute atomic E-state index is 12.9. The molecule has 1 fully saturated rings. The van der Waals surface area contributed by atoms with Crippen LogP contribution in [-0.4, -0.2) is 28.6 Å². The predicted molar refractivity (Wildman–Crippen MR) is 92.2 cm³/mol. The summed E-state index contributed by atoms with van der Waals surface area (Å²) in [5.41, 5.74) is 3.33. The molecule has 1 aliphatic rings. The molecule has 0 spiro atoms. The lowest BCUT2D eigenvalue weighted by Gasteiger charge is -2.03. The van der Waals surface area contributed by atoms with Crippen molar-refractivity contribution in [1.29, 1.82) is 0 Å². The number of benzene rings is 1. The molecular formula is C18H23N3O2. The van der Waals surface area contributed by atoms with Gasteiger partial charge in [-0.1, -0.05) is 13.3 Å². The van der Waals surface area contributed by atoms with E-state index in [1.807, 2.05) is 31.2 Å². The van der Waals surface area contributed by atoms with Gasteiger partial charge in [-0.25, -0.2) is 4.68 Å². The summed E-state index contributed by atoms with van der Waals surface area (Å²) in [6, 6.07) is 7.88. The molecule has 0 aliphatic heterocycles. The number of aromatic amines is 1. The number of aliphatic imine (C=N–C) groups is 1. The quantitative estimate of drug-likeness (QED) is 0.833. The Hall–Kier alpha value is -2.30. The third-order valence-corrected chi connectivity index (χ3v) is 4.08. The maximum atomic E-state index is 12.9. The summed E-state index contributed by atoms with van der Waals surface area (Å²) < 4.78 is 6.78. The first-order valence-corrected chi connectivity index (χ1v) is 8.17. The molecule has 5 nitrogen and oxygen atoms in total. The number of H-pyrrole nitrogens is 1. The molecule has 1 heterocycles. The van der Waals surface area contributed by atoms with Crippen LogP contribution in [0, 0.1) is 0 Å². The van der Waals surface area contributed by atoms with Gasteiger partial charge >= 0.3 is 0 Å². The van der Waals surface area contributed by atoms with Gasteiger partial charge in [0.25, 0.3) is 5.56 Å². The van der Waals surface area contributed by atoms with Crippen LogP contribution in [0.5, 0.6) is 5.75 Å². The lowest BCUT2D eigenvalue weighted by atomic mass is 10.1. The summed E-state index contributed by atoms with van der Waals surface area (Å²) >= 11 is 0. The zero-order valence-electron chi connectivity index (χ0n) is 13.9. The van der Waals surface area contributed by atoms with Crippen LogP contribution in [0.4, 0.5) is 0 Å². The highest BCUT2D eigenvalue weighted by atomic mass is 16.5. The number of hydrogen-bond acceptors (Lipinski definition) is 3. The molecular weight excluding hydrogens is 290 g/mol. The van der Waals surface area contributed by atoms with E-state index in [9.17, 15) is 4.79 Å². The van der Waals surface area contributed by atoms with Crippen LogP contribution in [0.15, 0.2) is 34.1 Å². The van der Waals surface area contributed by atoms with Crippen LogP contribution in [0.1, 0.15) is 44.4 Å². The van der Waals surface area contributed by atoms with E-state index in [0.29, 0.717) is 6.04 Å². The van der Waals surface area contributed by atoms with Gasteiger partial charge in [0.1, 0.15) is 5.75 Å². The van der Waals surface area contributed by atoms with Gasteiger partial charge in [-0.15, -0.1) is 0 Å². The highest BCUT2D eigenvalue weighted by molar-refractivity contribution is 5.99. The number of aryl methyl sites for hydroxylation is 1. The normalized spacial score (nSPS) is 15.0. The topological polar surface area (TPSA) is 59.4 Å². The molecule has 0 amide bonds. The van der Waals surface area contributed by atoms with Gasteiger partial charge < -0.3 is 4.74 Å². The molecule has 2 aromatic rings. The van der Waals surface area contributed by atoms with E-state index < -0.39 is 0 Å². The SMILES string of the molecule is CCCc1[nH]n(-c2ccc(OC)cc2)c(=O)c1C(C)=NC1CC1. The largest absolute Gasteiger partial charge is 0.497 e. The smallest absolute Gasteiger partial charge is 0.280 e. The minimum Gasteiger partial charge on any atom is -0.497 e. The summed E-state index contributed by atoms with van der Waals surface area (Å²) in [7, 11) is 1.63. The van der Waals surface area contributed by atoms with Gasteiger partial charge in [0, 0.05) is 11.4 Å². The van der Waals surface area contributed by atoms with Crippen molar-refractivity contribution in [2.75, 3.05) is 7.11 Å². The predicted octanol–water partition coefficient (Wildman–Crippen LogP) is 3.10. The van der Waals surface area contributed by atoms with Gasteiger partial charge in [0.05, 0.1) is 24.4 Å². The average molecular weight is 313 g/mol. The second kappa shape index (κ2) is 6.44. The summed E-state index contributed by atoms with van der Waals surface area (Å²) in [6.45, 7) is 4.06. The van der Waals surface area contributed by atoms with E-state index >= 15 is 0 Å². The zero-order chi connectivity index (χ0) is 16.4. The molecule has 0 unspecified atom stereocenters. The number of aromatic nitrogens is 2. The highest BCUT2D eigenvalue weighted by Gasteiger charge is 2.23. The second-order valence-electron chi connectivity index (χ2n) is 6.00. The van der Waals surface area contributed by atoms with Gasteiger partial charge in [-0.3, -0.25) is 14.9 Å². The van der Waals surface area contributed by atoms with E-state index in [4.69, 9.17) is 4.74 Å². The Labute approximate surface area is 136 Å². The summed E-state index contributed by atoms with van der Waals surface area (Å²) in [6.07, 6.45) is 4.09. The molecule has 122 valence electrons. The standard InChI is InChI=1S/C18H23N3O2/c1-4-5-16-17(12(2)19-13-6-7-13)18(22)21(20-16)14-8-10-15(23-3)11-9-14/h8-11,13,20H,4-7H2,1-3H3. The van der Waals surface area contributed by atoms with Crippen LogP contribution in [0.25, 0.3) is 5.69 Å². The van der Waals surface area contributed by atoms with Crippen molar-refractivity contribution < 1.29 is 4.74 Å². The van der Waals surface area contributed by atoms with E-state index in [1.165, 1.54) is 0 Å². The molecule has 0 saturated heterocycles. The highest BCUT2D eigenvalue weighted by Crippen LogP contribution is 2.24. The molecule has 1 aliphatic carbocycles. The van der Waals surface area contributed by atoms with Crippen LogP contribution in [0.2, 0.25) is 0 Å². The lowest BCUT2D eigenvalue weighted by Crippen LogP contribution is -2.20. The van der Waals surface area contributed by atoms with E-state index in [2.05, 4.69) is 17.0 Å². The Balaban J connectivity index is 2.05. The van der Waals surface area contributed by atoms with Gasteiger partial charge in [-0.05, 0) is 50.5 Å². The Morgan fingerprint density at radius 3 is 2.61 bits per heavy atom. The fourth-order valence-electron chi connectivity index (χ4n) is 2.74. The number of methoxy groups -OCH3 is 1. The molecule has 5 heteroatoms. The summed E-state index contributed by atoms with van der Waals surface area (Å²) in [4.78, 5) is 17.5. The van der Waals surface area contributed by atoms with Crippen LogP contribution < -0.4 is 10.3 Å². The molecule has 1 N–H and O–H groups in total. The maximum Gasteiger partial charge on any atom is 0.280 e. The van der Waals surface area contributed by atoms with Crippen LogP contribution >= 0.6 is 0 Å².